The van der Waals surface area contributed by atoms with Gasteiger partial charge in [0.25, 0.3) is 0 Å². The first-order chi connectivity index (χ1) is 17.2. The molecule has 1 amide bonds. The minimum Gasteiger partial charge on any atom is -0.491 e. The Morgan fingerprint density at radius 3 is 1.69 bits per heavy atom. The highest BCUT2D eigenvalue weighted by atomic mass is 16.6. The van der Waals surface area contributed by atoms with Gasteiger partial charge in [0.2, 0.25) is 5.91 Å². The molecule has 2 N–H and O–H groups in total. The van der Waals surface area contributed by atoms with Gasteiger partial charge in [0.05, 0.1) is 78.8 Å². The molecule has 1 aliphatic rings. The van der Waals surface area contributed by atoms with Crippen molar-refractivity contribution in [2.75, 3.05) is 97.7 Å². The zero-order valence-electron chi connectivity index (χ0n) is 21.0. The van der Waals surface area contributed by atoms with Gasteiger partial charge in [-0.25, -0.2) is 0 Å². The number of carbonyl (C=O) groups is 1. The summed E-state index contributed by atoms with van der Waals surface area (Å²) in [4.78, 5) is 11.0. The van der Waals surface area contributed by atoms with Crippen LogP contribution in [0.1, 0.15) is 19.8 Å². The van der Waals surface area contributed by atoms with Crippen molar-refractivity contribution in [3.63, 3.8) is 0 Å². The Morgan fingerprint density at radius 1 is 0.743 bits per heavy atom. The predicted molar refractivity (Wildman–Crippen MR) is 132 cm³/mol. The first kappa shape index (κ1) is 29.4. The number of amides is 1. The average molecular weight is 499 g/mol. The van der Waals surface area contributed by atoms with E-state index in [0.717, 1.165) is 37.4 Å². The molecule has 0 unspecified atom stereocenters. The number of piperidine rings is 1. The van der Waals surface area contributed by atoms with Gasteiger partial charge in [0.1, 0.15) is 12.4 Å². The van der Waals surface area contributed by atoms with Crippen LogP contribution in [0.4, 0.5) is 5.69 Å². The van der Waals surface area contributed by atoms with Crippen molar-refractivity contribution < 1.29 is 38.0 Å². The third-order valence-electron chi connectivity index (χ3n) is 5.03. The largest absolute Gasteiger partial charge is 0.491 e. The molecule has 1 aromatic rings. The summed E-state index contributed by atoms with van der Waals surface area (Å²) in [7, 11) is 0. The van der Waals surface area contributed by atoms with Crippen LogP contribution in [0.25, 0.3) is 0 Å². The molecule has 1 saturated heterocycles. The van der Waals surface area contributed by atoms with Gasteiger partial charge in [-0.15, -0.1) is 0 Å². The van der Waals surface area contributed by atoms with Crippen molar-refractivity contribution in [3.8, 4) is 5.75 Å². The molecule has 35 heavy (non-hydrogen) atoms. The maximum Gasteiger partial charge on any atom is 0.221 e. The van der Waals surface area contributed by atoms with Gasteiger partial charge in [0.15, 0.2) is 0 Å². The van der Waals surface area contributed by atoms with Gasteiger partial charge in [-0.2, -0.15) is 0 Å². The lowest BCUT2D eigenvalue weighted by Gasteiger charge is -2.22. The molecule has 2 rings (SSSR count). The Balaban J connectivity index is 1.24. The van der Waals surface area contributed by atoms with Crippen LogP contribution in [-0.4, -0.2) is 104 Å². The first-order valence-corrected chi connectivity index (χ1v) is 12.5. The summed E-state index contributed by atoms with van der Waals surface area (Å²) in [5, 5.41) is 6.03. The predicted octanol–water partition coefficient (Wildman–Crippen LogP) is 1.88. The van der Waals surface area contributed by atoms with Crippen molar-refractivity contribution in [2.24, 2.45) is 0 Å². The topological polar surface area (TPSA) is 106 Å². The van der Waals surface area contributed by atoms with Crippen molar-refractivity contribution in [2.45, 2.75) is 25.9 Å². The second kappa shape index (κ2) is 20.4. The Labute approximate surface area is 208 Å². The van der Waals surface area contributed by atoms with Gasteiger partial charge >= 0.3 is 0 Å². The molecule has 1 aromatic carbocycles. The Morgan fingerprint density at radius 2 is 1.20 bits per heavy atom. The number of rotatable bonds is 21. The van der Waals surface area contributed by atoms with E-state index < -0.39 is 0 Å². The fraction of sp³-hybridized carbons (Fsp3) is 0.720. The van der Waals surface area contributed by atoms with Gasteiger partial charge < -0.3 is 43.8 Å². The van der Waals surface area contributed by atoms with Gasteiger partial charge in [-0.3, -0.25) is 4.79 Å². The molecule has 200 valence electrons. The maximum absolute atomic E-state index is 11.0. The summed E-state index contributed by atoms with van der Waals surface area (Å²) < 4.78 is 38.8. The van der Waals surface area contributed by atoms with Crippen LogP contribution in [0.2, 0.25) is 0 Å². The molecule has 0 radical (unpaired) electrons. The smallest absolute Gasteiger partial charge is 0.221 e. The molecule has 0 aliphatic carbocycles. The second-order valence-electron chi connectivity index (χ2n) is 7.94. The van der Waals surface area contributed by atoms with Crippen LogP contribution in [0.5, 0.6) is 5.75 Å². The third kappa shape index (κ3) is 16.5. The van der Waals surface area contributed by atoms with E-state index in [1.165, 1.54) is 6.92 Å². The Kier molecular flexibility index (Phi) is 17.2. The monoisotopic (exact) mass is 498 g/mol. The molecule has 0 aromatic heterocycles. The van der Waals surface area contributed by atoms with Crippen LogP contribution in [0.15, 0.2) is 24.3 Å². The summed E-state index contributed by atoms with van der Waals surface area (Å²) in [5.74, 6) is 0.626. The number of benzene rings is 1. The average Bonchev–Trinajstić information content (AvgIpc) is 2.86. The van der Waals surface area contributed by atoms with Crippen LogP contribution < -0.4 is 15.4 Å². The van der Waals surface area contributed by atoms with Crippen molar-refractivity contribution in [3.05, 3.63) is 24.3 Å². The fourth-order valence-electron chi connectivity index (χ4n) is 3.27. The van der Waals surface area contributed by atoms with E-state index in [1.807, 2.05) is 0 Å². The van der Waals surface area contributed by atoms with Gasteiger partial charge in [0, 0.05) is 12.6 Å². The normalized spacial score (nSPS) is 14.2. The zero-order valence-corrected chi connectivity index (χ0v) is 21.0. The van der Waals surface area contributed by atoms with E-state index in [2.05, 4.69) is 10.6 Å². The minimum absolute atomic E-state index is 0.101. The molecule has 0 atom stereocenters. The molecular formula is C25H42N2O8. The Bertz CT molecular complexity index is 641. The van der Waals surface area contributed by atoms with Gasteiger partial charge in [-0.1, -0.05) is 0 Å². The Hall–Kier alpha value is -1.79. The molecule has 1 heterocycles. The lowest BCUT2D eigenvalue weighted by atomic mass is 10.1. The summed E-state index contributed by atoms with van der Waals surface area (Å²) in [6, 6.07) is 7.20. The number of ether oxygens (including phenoxy) is 7. The van der Waals surface area contributed by atoms with E-state index in [0.29, 0.717) is 85.4 Å². The molecule has 1 fully saturated rings. The van der Waals surface area contributed by atoms with Crippen LogP contribution >= 0.6 is 0 Å². The summed E-state index contributed by atoms with van der Waals surface area (Å²) >= 11 is 0. The summed E-state index contributed by atoms with van der Waals surface area (Å²) in [5.41, 5.74) is 0.740. The van der Waals surface area contributed by atoms with Crippen molar-refractivity contribution >= 4 is 11.6 Å². The third-order valence-corrected chi connectivity index (χ3v) is 5.03. The van der Waals surface area contributed by atoms with Crippen LogP contribution in [0, 0.1) is 0 Å². The minimum atomic E-state index is -0.101. The quantitative estimate of drug-likeness (QED) is 0.246. The van der Waals surface area contributed by atoms with Crippen LogP contribution in [-0.2, 0) is 33.2 Å². The zero-order chi connectivity index (χ0) is 24.8. The molecule has 0 bridgehead atoms. The maximum atomic E-state index is 11.0. The lowest BCUT2D eigenvalue weighted by molar-refractivity contribution is -0.114. The summed E-state index contributed by atoms with van der Waals surface area (Å²) in [6.45, 7) is 9.93. The number of hydrogen-bond donors (Lipinski definition) is 2. The van der Waals surface area contributed by atoms with Crippen molar-refractivity contribution in [1.82, 2.24) is 5.32 Å². The standard InChI is InChI=1S/C25H42N2O8/c1-22(28)27-23-2-4-24(5-3-23)34-20-18-32-16-14-30-12-10-29-11-13-31-15-17-33-19-21-35-25-6-8-26-9-7-25/h2-5,25-26H,6-21H2,1H3,(H,27,28). The van der Waals surface area contributed by atoms with E-state index in [1.54, 1.807) is 24.3 Å². The van der Waals surface area contributed by atoms with E-state index in [9.17, 15) is 4.79 Å². The number of anilines is 1. The molecule has 10 heteroatoms. The number of carbonyl (C=O) groups excluding carboxylic acids is 1. The highest BCUT2D eigenvalue weighted by Crippen LogP contribution is 2.15. The van der Waals surface area contributed by atoms with Gasteiger partial charge in [-0.05, 0) is 50.2 Å². The molecule has 0 saturated carbocycles. The van der Waals surface area contributed by atoms with E-state index >= 15 is 0 Å². The van der Waals surface area contributed by atoms with E-state index in [-0.39, 0.29) is 5.91 Å². The molecule has 0 spiro atoms. The van der Waals surface area contributed by atoms with Crippen LogP contribution in [0.3, 0.4) is 0 Å². The highest BCUT2D eigenvalue weighted by Gasteiger charge is 2.12. The summed E-state index contributed by atoms with van der Waals surface area (Å²) in [6.07, 6.45) is 2.54. The number of hydrogen-bond acceptors (Lipinski definition) is 9. The highest BCUT2D eigenvalue weighted by molar-refractivity contribution is 5.88. The lowest BCUT2D eigenvalue weighted by Crippen LogP contribution is -2.33. The van der Waals surface area contributed by atoms with E-state index in [4.69, 9.17) is 33.2 Å². The van der Waals surface area contributed by atoms with Crippen molar-refractivity contribution in [1.29, 1.82) is 0 Å². The molecular weight excluding hydrogens is 456 g/mol. The molecule has 1 aliphatic heterocycles. The first-order valence-electron chi connectivity index (χ1n) is 12.5. The fourth-order valence-corrected chi connectivity index (χ4v) is 3.27. The number of nitrogens with one attached hydrogen (secondary N) is 2. The SMILES string of the molecule is CC(=O)Nc1ccc(OCCOCCOCCOCCOCCOCCOC2CCNCC2)cc1. The molecule has 10 nitrogen and oxygen atoms in total. The second-order valence-corrected chi connectivity index (χ2v) is 7.94.